The van der Waals surface area contributed by atoms with Crippen molar-refractivity contribution in [3.63, 3.8) is 0 Å². The standard InChI is InChI=1S/C21H19Cl2N3.CH4N2/c1-3-24-20-9-13(22)8-17-16-10-14(6-7-19(16)26-21(17)20)25-15-5-4-12(2)18(23)11-15;2-1-3/h4-11,24-26H,3H2,1-2H3;1H,(H3,2,3). The molecule has 0 saturated heterocycles. The summed E-state index contributed by atoms with van der Waals surface area (Å²) in [4.78, 5) is 3.50. The maximum absolute atomic E-state index is 6.33. The quantitative estimate of drug-likeness (QED) is 0.186. The highest BCUT2D eigenvalue weighted by Gasteiger charge is 2.10. The normalized spacial score (nSPS) is 10.5. The van der Waals surface area contributed by atoms with Crippen molar-refractivity contribution in [1.82, 2.24) is 4.98 Å². The first-order valence-electron chi connectivity index (χ1n) is 9.19. The van der Waals surface area contributed by atoms with Crippen molar-refractivity contribution in [3.8, 4) is 0 Å². The van der Waals surface area contributed by atoms with Gasteiger partial charge in [0, 0.05) is 44.3 Å². The minimum absolute atomic E-state index is 0.720. The number of aromatic nitrogens is 1. The zero-order chi connectivity index (χ0) is 21.0. The summed E-state index contributed by atoms with van der Waals surface area (Å²) < 4.78 is 0. The summed E-state index contributed by atoms with van der Waals surface area (Å²) in [5.74, 6) is 0. The van der Waals surface area contributed by atoms with Crippen LogP contribution in [0.15, 0.2) is 48.5 Å². The predicted molar refractivity (Wildman–Crippen MR) is 127 cm³/mol. The Kier molecular flexibility index (Phi) is 6.52. The molecule has 0 spiro atoms. The maximum atomic E-state index is 6.33. The number of H-pyrrole nitrogens is 1. The van der Waals surface area contributed by atoms with Gasteiger partial charge in [0.05, 0.1) is 17.5 Å². The van der Waals surface area contributed by atoms with E-state index in [0.717, 1.165) is 67.4 Å². The van der Waals surface area contributed by atoms with Crippen LogP contribution < -0.4 is 16.4 Å². The maximum Gasteiger partial charge on any atom is 0.0765 e. The number of rotatable bonds is 4. The Hall–Kier alpha value is -2.89. The van der Waals surface area contributed by atoms with Crippen molar-refractivity contribution in [1.29, 1.82) is 5.41 Å². The molecule has 0 fully saturated rings. The molecule has 0 amide bonds. The van der Waals surface area contributed by atoms with Crippen molar-refractivity contribution in [2.75, 3.05) is 17.2 Å². The molecule has 4 aromatic rings. The Bertz CT molecular complexity index is 1170. The van der Waals surface area contributed by atoms with Gasteiger partial charge in [-0.3, -0.25) is 5.41 Å². The van der Waals surface area contributed by atoms with E-state index >= 15 is 0 Å². The fourth-order valence-electron chi connectivity index (χ4n) is 3.21. The number of fused-ring (bicyclic) bond motifs is 3. The van der Waals surface area contributed by atoms with E-state index in [4.69, 9.17) is 28.6 Å². The Morgan fingerprint density at radius 2 is 1.72 bits per heavy atom. The minimum Gasteiger partial charge on any atom is -0.390 e. The Morgan fingerprint density at radius 3 is 2.41 bits per heavy atom. The molecule has 0 radical (unpaired) electrons. The van der Waals surface area contributed by atoms with Crippen molar-refractivity contribution in [3.05, 3.63) is 64.1 Å². The lowest BCUT2D eigenvalue weighted by Crippen LogP contribution is -1.96. The molecule has 3 aromatic carbocycles. The third kappa shape index (κ3) is 4.58. The molecule has 0 unspecified atom stereocenters. The van der Waals surface area contributed by atoms with Crippen LogP contribution in [0.4, 0.5) is 17.1 Å². The first-order chi connectivity index (χ1) is 14.0. The van der Waals surface area contributed by atoms with Crippen LogP contribution in [-0.4, -0.2) is 17.9 Å². The SMILES string of the molecule is CCNc1cc(Cl)cc2c1[nH]c1ccc(Nc3ccc(C)c(Cl)c3)cc12.N=CN. The fraction of sp³-hybridized carbons (Fsp3) is 0.136. The monoisotopic (exact) mass is 427 g/mol. The summed E-state index contributed by atoms with van der Waals surface area (Å²) in [6.07, 6.45) is 0.750. The summed E-state index contributed by atoms with van der Waals surface area (Å²) >= 11 is 12.6. The average Bonchev–Trinajstić information content (AvgIpc) is 3.04. The minimum atomic E-state index is 0.720. The van der Waals surface area contributed by atoms with E-state index in [9.17, 15) is 0 Å². The molecule has 4 rings (SSSR count). The Labute approximate surface area is 179 Å². The van der Waals surface area contributed by atoms with Crippen molar-refractivity contribution < 1.29 is 0 Å². The Balaban J connectivity index is 0.000000755. The van der Waals surface area contributed by atoms with Gasteiger partial charge < -0.3 is 21.4 Å². The number of benzene rings is 3. The van der Waals surface area contributed by atoms with E-state index < -0.39 is 0 Å². The molecule has 0 aliphatic heterocycles. The van der Waals surface area contributed by atoms with Crippen LogP contribution in [0.5, 0.6) is 0 Å². The van der Waals surface area contributed by atoms with Gasteiger partial charge in [0.15, 0.2) is 0 Å². The molecule has 1 heterocycles. The lowest BCUT2D eigenvalue weighted by atomic mass is 10.1. The predicted octanol–water partition coefficient (Wildman–Crippen LogP) is 6.66. The first kappa shape index (κ1) is 20.8. The van der Waals surface area contributed by atoms with Gasteiger partial charge in [-0.25, -0.2) is 0 Å². The van der Waals surface area contributed by atoms with Crippen molar-refractivity contribution in [2.24, 2.45) is 5.73 Å². The van der Waals surface area contributed by atoms with E-state index in [1.165, 1.54) is 0 Å². The molecule has 6 N–H and O–H groups in total. The van der Waals surface area contributed by atoms with Gasteiger partial charge >= 0.3 is 0 Å². The summed E-state index contributed by atoms with van der Waals surface area (Å²) in [5.41, 5.74) is 10.6. The second kappa shape index (κ2) is 9.07. The molecular formula is C22H23Cl2N5. The summed E-state index contributed by atoms with van der Waals surface area (Å²) in [6.45, 7) is 4.91. The average molecular weight is 428 g/mol. The summed E-state index contributed by atoms with van der Waals surface area (Å²) in [7, 11) is 0. The topological polar surface area (TPSA) is 89.7 Å². The number of nitrogens with two attached hydrogens (primary N) is 1. The first-order valence-corrected chi connectivity index (χ1v) is 9.95. The molecule has 0 aliphatic rings. The van der Waals surface area contributed by atoms with Gasteiger partial charge in [0.1, 0.15) is 0 Å². The van der Waals surface area contributed by atoms with Crippen LogP contribution in [0.25, 0.3) is 21.8 Å². The number of hydrogen-bond donors (Lipinski definition) is 5. The van der Waals surface area contributed by atoms with E-state index in [1.54, 1.807) is 0 Å². The summed E-state index contributed by atoms with van der Waals surface area (Å²) in [6, 6.07) is 16.2. The van der Waals surface area contributed by atoms with Crippen LogP contribution in [0.3, 0.4) is 0 Å². The number of halogens is 2. The van der Waals surface area contributed by atoms with E-state index in [1.807, 2.05) is 37.3 Å². The highest BCUT2D eigenvalue weighted by atomic mass is 35.5. The highest BCUT2D eigenvalue weighted by molar-refractivity contribution is 6.32. The van der Waals surface area contributed by atoms with Crippen molar-refractivity contribution in [2.45, 2.75) is 13.8 Å². The van der Waals surface area contributed by atoms with E-state index in [0.29, 0.717) is 0 Å². The van der Waals surface area contributed by atoms with Crippen LogP contribution in [0.1, 0.15) is 12.5 Å². The van der Waals surface area contributed by atoms with Crippen molar-refractivity contribution >= 4 is 68.4 Å². The zero-order valence-corrected chi connectivity index (χ0v) is 17.7. The molecule has 1 aromatic heterocycles. The molecule has 150 valence electrons. The molecule has 0 saturated carbocycles. The summed E-state index contributed by atoms with van der Waals surface area (Å²) in [5, 5.41) is 16.4. The zero-order valence-electron chi connectivity index (χ0n) is 16.2. The largest absolute Gasteiger partial charge is 0.390 e. The second-order valence-corrected chi connectivity index (χ2v) is 7.39. The molecule has 7 heteroatoms. The number of aryl methyl sites for hydroxylation is 1. The molecule has 0 aliphatic carbocycles. The molecule has 0 bridgehead atoms. The van der Waals surface area contributed by atoms with Gasteiger partial charge in [-0.15, -0.1) is 0 Å². The number of aromatic amines is 1. The molecule has 29 heavy (non-hydrogen) atoms. The van der Waals surface area contributed by atoms with Crippen LogP contribution in [0, 0.1) is 12.3 Å². The number of anilines is 3. The third-order valence-corrected chi connectivity index (χ3v) is 5.13. The molecule has 0 atom stereocenters. The van der Waals surface area contributed by atoms with Crippen LogP contribution in [0.2, 0.25) is 10.0 Å². The number of hydrogen-bond acceptors (Lipinski definition) is 3. The van der Waals surface area contributed by atoms with Gasteiger partial charge in [-0.05, 0) is 61.9 Å². The van der Waals surface area contributed by atoms with Gasteiger partial charge in [-0.2, -0.15) is 0 Å². The van der Waals surface area contributed by atoms with Crippen LogP contribution in [-0.2, 0) is 0 Å². The van der Waals surface area contributed by atoms with E-state index in [-0.39, 0.29) is 0 Å². The Morgan fingerprint density at radius 1 is 1.03 bits per heavy atom. The lowest BCUT2D eigenvalue weighted by Gasteiger charge is -2.08. The molecule has 5 nitrogen and oxygen atoms in total. The van der Waals surface area contributed by atoms with E-state index in [2.05, 4.69) is 46.5 Å². The number of nitrogens with one attached hydrogen (secondary N) is 4. The second-order valence-electron chi connectivity index (χ2n) is 6.55. The van der Waals surface area contributed by atoms with Gasteiger partial charge in [0.25, 0.3) is 0 Å². The van der Waals surface area contributed by atoms with Gasteiger partial charge in [0.2, 0.25) is 0 Å². The van der Waals surface area contributed by atoms with Gasteiger partial charge in [-0.1, -0.05) is 29.3 Å². The molecular weight excluding hydrogens is 405 g/mol. The smallest absolute Gasteiger partial charge is 0.0765 e. The third-order valence-electron chi connectivity index (χ3n) is 4.50. The van der Waals surface area contributed by atoms with Crippen LogP contribution >= 0.6 is 23.2 Å². The lowest BCUT2D eigenvalue weighted by molar-refractivity contribution is 1.22. The fourth-order valence-corrected chi connectivity index (χ4v) is 3.61. The highest BCUT2D eigenvalue weighted by Crippen LogP contribution is 2.35.